The second-order valence-electron chi connectivity index (χ2n) is 6.50. The maximum absolute atomic E-state index is 12.9. The van der Waals surface area contributed by atoms with E-state index < -0.39 is 0 Å². The second-order valence-corrected chi connectivity index (χ2v) is 6.50. The van der Waals surface area contributed by atoms with Crippen LogP contribution < -0.4 is 0 Å². The molecule has 0 amide bonds. The Bertz CT molecular complexity index is 728. The van der Waals surface area contributed by atoms with Crippen molar-refractivity contribution in [2.75, 3.05) is 13.1 Å². The van der Waals surface area contributed by atoms with Crippen molar-refractivity contribution < 1.29 is 4.79 Å². The molecular formula is C21H20N2O. The molecule has 1 saturated carbocycles. The molecule has 2 aliphatic rings. The number of rotatable bonds is 3. The van der Waals surface area contributed by atoms with E-state index in [9.17, 15) is 4.79 Å². The molecule has 1 saturated heterocycles. The Hall–Kier alpha value is -2.52. The van der Waals surface area contributed by atoms with Crippen LogP contribution in [-0.2, 0) is 4.79 Å². The Morgan fingerprint density at radius 3 is 2.21 bits per heavy atom. The minimum Gasteiger partial charge on any atom is -0.292 e. The summed E-state index contributed by atoms with van der Waals surface area (Å²) in [5.41, 5.74) is 3.81. The molecule has 1 aromatic heterocycles. The third-order valence-corrected chi connectivity index (χ3v) is 4.56. The highest BCUT2D eigenvalue weighted by Gasteiger charge is 2.35. The molecule has 120 valence electrons. The van der Waals surface area contributed by atoms with Crippen molar-refractivity contribution in [3.8, 4) is 0 Å². The van der Waals surface area contributed by atoms with Crippen LogP contribution in [-0.4, -0.2) is 34.8 Å². The number of nitrogens with zero attached hydrogens (tertiary/aromatic N) is 2. The number of carbonyl (C=O) groups is 1. The molecule has 1 aliphatic carbocycles. The first-order valence-corrected chi connectivity index (χ1v) is 8.44. The van der Waals surface area contributed by atoms with E-state index in [1.807, 2.05) is 54.6 Å². The van der Waals surface area contributed by atoms with Gasteiger partial charge in [-0.3, -0.25) is 14.7 Å². The van der Waals surface area contributed by atoms with Crippen LogP contribution in [0.2, 0.25) is 0 Å². The van der Waals surface area contributed by atoms with Gasteiger partial charge in [-0.15, -0.1) is 0 Å². The number of piperidine rings is 1. The average molecular weight is 316 g/mol. The topological polar surface area (TPSA) is 33.2 Å². The molecule has 1 aromatic carbocycles. The normalized spacial score (nSPS) is 22.2. The van der Waals surface area contributed by atoms with Crippen molar-refractivity contribution in [3.63, 3.8) is 0 Å². The summed E-state index contributed by atoms with van der Waals surface area (Å²) >= 11 is 0. The van der Waals surface area contributed by atoms with Gasteiger partial charge in [0, 0.05) is 42.7 Å². The zero-order valence-corrected chi connectivity index (χ0v) is 13.6. The number of benzene rings is 1. The van der Waals surface area contributed by atoms with Crippen molar-refractivity contribution in [2.24, 2.45) is 0 Å². The summed E-state index contributed by atoms with van der Waals surface area (Å²) < 4.78 is 0. The number of hydrogen-bond donors (Lipinski definition) is 0. The molecule has 0 bridgehead atoms. The van der Waals surface area contributed by atoms with Crippen LogP contribution in [0.5, 0.6) is 0 Å². The number of carbonyl (C=O) groups excluding carboxylic acids is 1. The molecule has 2 heterocycles. The molecule has 2 aromatic rings. The van der Waals surface area contributed by atoms with Gasteiger partial charge in [0.05, 0.1) is 0 Å². The fourth-order valence-corrected chi connectivity index (χ4v) is 3.18. The summed E-state index contributed by atoms with van der Waals surface area (Å²) in [6.07, 6.45) is 10.1. The van der Waals surface area contributed by atoms with Crippen molar-refractivity contribution in [1.82, 2.24) is 9.88 Å². The zero-order chi connectivity index (χ0) is 16.4. The highest BCUT2D eigenvalue weighted by Crippen LogP contribution is 2.32. The summed E-state index contributed by atoms with van der Waals surface area (Å²) in [6.45, 7) is 1.49. The van der Waals surface area contributed by atoms with Crippen LogP contribution in [0.3, 0.4) is 0 Å². The summed E-state index contributed by atoms with van der Waals surface area (Å²) in [5.74, 6) is 0.166. The minimum atomic E-state index is 0.166. The van der Waals surface area contributed by atoms with E-state index in [2.05, 4.69) is 9.88 Å². The third kappa shape index (κ3) is 3.36. The number of hydrogen-bond acceptors (Lipinski definition) is 3. The van der Waals surface area contributed by atoms with E-state index in [1.54, 1.807) is 12.4 Å². The quantitative estimate of drug-likeness (QED) is 0.811. The van der Waals surface area contributed by atoms with Gasteiger partial charge in [-0.1, -0.05) is 36.4 Å². The van der Waals surface area contributed by atoms with Gasteiger partial charge in [-0.25, -0.2) is 0 Å². The Balaban J connectivity index is 1.68. The van der Waals surface area contributed by atoms with E-state index in [4.69, 9.17) is 0 Å². The largest absolute Gasteiger partial charge is 0.292 e. The van der Waals surface area contributed by atoms with Crippen LogP contribution in [0, 0.1) is 0 Å². The van der Waals surface area contributed by atoms with Gasteiger partial charge in [0.15, 0.2) is 5.78 Å². The van der Waals surface area contributed by atoms with Gasteiger partial charge < -0.3 is 0 Å². The molecule has 4 rings (SSSR count). The molecule has 0 spiro atoms. The Morgan fingerprint density at radius 2 is 1.58 bits per heavy atom. The van der Waals surface area contributed by atoms with Gasteiger partial charge in [0.2, 0.25) is 0 Å². The lowest BCUT2D eigenvalue weighted by Crippen LogP contribution is -2.39. The fraction of sp³-hybridized carbons (Fsp3) is 0.238. The first-order chi connectivity index (χ1) is 11.8. The lowest BCUT2D eigenvalue weighted by molar-refractivity contribution is -0.113. The first-order valence-electron chi connectivity index (χ1n) is 8.44. The Kier molecular flexibility index (Phi) is 4.09. The van der Waals surface area contributed by atoms with E-state index in [0.29, 0.717) is 6.04 Å². The van der Waals surface area contributed by atoms with Gasteiger partial charge in [-0.2, -0.15) is 0 Å². The third-order valence-electron chi connectivity index (χ3n) is 4.56. The number of likely N-dealkylation sites (tertiary alicyclic amines) is 1. The SMILES string of the molecule is O=C1/C(=C/c2ccccc2)CN(C2CC2)C/C1=C\c1cccnc1. The van der Waals surface area contributed by atoms with Gasteiger partial charge >= 0.3 is 0 Å². The average Bonchev–Trinajstić information content (AvgIpc) is 3.45. The Labute approximate surface area is 142 Å². The van der Waals surface area contributed by atoms with Gasteiger partial charge in [0.1, 0.15) is 0 Å². The fourth-order valence-electron chi connectivity index (χ4n) is 3.18. The maximum atomic E-state index is 12.9. The number of pyridine rings is 1. The minimum absolute atomic E-state index is 0.166. The lowest BCUT2D eigenvalue weighted by atomic mass is 9.94. The van der Waals surface area contributed by atoms with E-state index >= 15 is 0 Å². The van der Waals surface area contributed by atoms with E-state index in [0.717, 1.165) is 35.4 Å². The molecule has 0 radical (unpaired) electrons. The standard InChI is InChI=1S/C21H20N2O/c24-21-18(11-16-5-2-1-3-6-16)14-23(20-8-9-20)15-19(21)12-17-7-4-10-22-13-17/h1-7,10-13,20H,8-9,14-15H2/b18-11+,19-12+. The predicted octanol–water partition coefficient (Wildman–Crippen LogP) is 3.60. The van der Waals surface area contributed by atoms with Gasteiger partial charge in [0.25, 0.3) is 0 Å². The smallest absolute Gasteiger partial charge is 0.187 e. The van der Waals surface area contributed by atoms with Crippen molar-refractivity contribution in [2.45, 2.75) is 18.9 Å². The van der Waals surface area contributed by atoms with E-state index in [1.165, 1.54) is 12.8 Å². The molecule has 2 fully saturated rings. The molecule has 1 aliphatic heterocycles. The summed E-state index contributed by atoms with van der Waals surface area (Å²) in [6, 6.07) is 14.6. The van der Waals surface area contributed by atoms with Crippen molar-refractivity contribution >= 4 is 17.9 Å². The van der Waals surface area contributed by atoms with Crippen LogP contribution in [0.15, 0.2) is 66.0 Å². The summed E-state index contributed by atoms with van der Waals surface area (Å²) in [5, 5.41) is 0. The monoisotopic (exact) mass is 316 g/mol. The molecule has 3 nitrogen and oxygen atoms in total. The molecule has 0 unspecified atom stereocenters. The highest BCUT2D eigenvalue weighted by molar-refractivity contribution is 6.14. The highest BCUT2D eigenvalue weighted by atomic mass is 16.1. The molecule has 0 atom stereocenters. The zero-order valence-electron chi connectivity index (χ0n) is 13.6. The first kappa shape index (κ1) is 15.0. The van der Waals surface area contributed by atoms with Crippen molar-refractivity contribution in [1.29, 1.82) is 0 Å². The van der Waals surface area contributed by atoms with Crippen LogP contribution in [0.1, 0.15) is 24.0 Å². The number of aromatic nitrogens is 1. The van der Waals surface area contributed by atoms with Gasteiger partial charge in [-0.05, 0) is 42.2 Å². The Morgan fingerprint density at radius 1 is 0.917 bits per heavy atom. The predicted molar refractivity (Wildman–Crippen MR) is 96.2 cm³/mol. The van der Waals surface area contributed by atoms with E-state index in [-0.39, 0.29) is 5.78 Å². The van der Waals surface area contributed by atoms with Crippen molar-refractivity contribution in [3.05, 3.63) is 77.1 Å². The number of ketones is 1. The molecular weight excluding hydrogens is 296 g/mol. The second kappa shape index (κ2) is 6.54. The van der Waals surface area contributed by atoms with Crippen LogP contribution >= 0.6 is 0 Å². The lowest BCUT2D eigenvalue weighted by Gasteiger charge is -2.29. The summed E-state index contributed by atoms with van der Waals surface area (Å²) in [4.78, 5) is 19.5. The maximum Gasteiger partial charge on any atom is 0.187 e. The van der Waals surface area contributed by atoms with Crippen LogP contribution in [0.25, 0.3) is 12.2 Å². The van der Waals surface area contributed by atoms with Crippen LogP contribution in [0.4, 0.5) is 0 Å². The molecule has 24 heavy (non-hydrogen) atoms. The number of Topliss-reactive ketones (excluding diaryl/α,β-unsaturated/α-hetero) is 1. The molecule has 3 heteroatoms. The molecule has 0 N–H and O–H groups in total. The summed E-state index contributed by atoms with van der Waals surface area (Å²) in [7, 11) is 0.